The van der Waals surface area contributed by atoms with E-state index in [2.05, 4.69) is 31.9 Å². The molecule has 6 heteroatoms. The molecule has 1 aliphatic heterocycles. The molecule has 0 unspecified atom stereocenters. The molecule has 0 atom stereocenters. The van der Waals surface area contributed by atoms with Gasteiger partial charge in [-0.2, -0.15) is 0 Å². The second-order valence-electron chi connectivity index (χ2n) is 5.24. The van der Waals surface area contributed by atoms with Crippen molar-refractivity contribution < 1.29 is 4.79 Å². The number of nitrogens with one attached hydrogen (secondary N) is 1. The smallest absolute Gasteiger partial charge is 0.269 e. The van der Waals surface area contributed by atoms with Crippen LogP contribution in [0.4, 0.5) is 11.4 Å². The van der Waals surface area contributed by atoms with E-state index in [-0.39, 0.29) is 5.91 Å². The first kappa shape index (κ1) is 14.0. The van der Waals surface area contributed by atoms with Crippen LogP contribution >= 0.6 is 11.5 Å². The monoisotopic (exact) mass is 302 g/mol. The number of aromatic nitrogens is 2. The Kier molecular flexibility index (Phi) is 4.15. The maximum atomic E-state index is 12.1. The van der Waals surface area contributed by atoms with Gasteiger partial charge in [0, 0.05) is 24.5 Å². The number of amides is 1. The highest BCUT2D eigenvalue weighted by molar-refractivity contribution is 7.08. The number of benzene rings is 1. The minimum atomic E-state index is -0.145. The predicted octanol–water partition coefficient (Wildman–Crippen LogP) is 3.09. The third-order valence-corrected chi connectivity index (χ3v) is 4.53. The Balaban J connectivity index is 1.67. The Bertz CT molecular complexity index is 617. The summed E-state index contributed by atoms with van der Waals surface area (Å²) in [6, 6.07) is 8.04. The van der Waals surface area contributed by atoms with Crippen LogP contribution in [0.2, 0.25) is 0 Å². The van der Waals surface area contributed by atoms with Crippen LogP contribution in [0.1, 0.15) is 34.6 Å². The molecule has 0 bridgehead atoms. The number of carbonyl (C=O) groups excluding carboxylic acids is 1. The molecule has 3 rings (SSSR count). The molecule has 0 spiro atoms. The van der Waals surface area contributed by atoms with Crippen molar-refractivity contribution in [3.8, 4) is 0 Å². The summed E-state index contributed by atoms with van der Waals surface area (Å²) in [5, 5.41) is 6.74. The van der Waals surface area contributed by atoms with Crippen LogP contribution in [0.15, 0.2) is 24.3 Å². The van der Waals surface area contributed by atoms with Crippen LogP contribution in [0, 0.1) is 6.92 Å². The van der Waals surface area contributed by atoms with Crippen LogP contribution in [0.25, 0.3) is 0 Å². The van der Waals surface area contributed by atoms with Gasteiger partial charge in [0.1, 0.15) is 4.88 Å². The molecule has 2 heterocycles. The summed E-state index contributed by atoms with van der Waals surface area (Å²) in [6.45, 7) is 4.03. The molecule has 21 heavy (non-hydrogen) atoms. The Labute approximate surface area is 128 Å². The Hall–Kier alpha value is -1.95. The largest absolute Gasteiger partial charge is 0.372 e. The highest BCUT2D eigenvalue weighted by Crippen LogP contribution is 2.22. The normalized spacial score (nSPS) is 15.0. The van der Waals surface area contributed by atoms with E-state index in [1.807, 2.05) is 12.1 Å². The number of anilines is 2. The van der Waals surface area contributed by atoms with Gasteiger partial charge in [-0.25, -0.2) is 0 Å². The van der Waals surface area contributed by atoms with Crippen molar-refractivity contribution in [1.29, 1.82) is 0 Å². The fourth-order valence-electron chi connectivity index (χ4n) is 2.54. The quantitative estimate of drug-likeness (QED) is 0.946. The molecule has 0 saturated carbocycles. The maximum Gasteiger partial charge on any atom is 0.269 e. The molecule has 1 saturated heterocycles. The lowest BCUT2D eigenvalue weighted by atomic mass is 10.1. The van der Waals surface area contributed by atoms with Gasteiger partial charge in [-0.3, -0.25) is 4.79 Å². The maximum absolute atomic E-state index is 12.1. The lowest BCUT2D eigenvalue weighted by molar-refractivity contribution is 0.103. The van der Waals surface area contributed by atoms with E-state index in [4.69, 9.17) is 0 Å². The third-order valence-electron chi connectivity index (χ3n) is 3.70. The van der Waals surface area contributed by atoms with E-state index in [0.717, 1.165) is 30.3 Å². The Morgan fingerprint density at radius 3 is 2.52 bits per heavy atom. The topological polar surface area (TPSA) is 58.1 Å². The van der Waals surface area contributed by atoms with Crippen molar-refractivity contribution >= 4 is 28.8 Å². The van der Waals surface area contributed by atoms with Gasteiger partial charge in [-0.15, -0.1) is 5.10 Å². The molecule has 1 N–H and O–H groups in total. The van der Waals surface area contributed by atoms with Crippen molar-refractivity contribution in [1.82, 2.24) is 9.59 Å². The Morgan fingerprint density at radius 1 is 1.19 bits per heavy atom. The summed E-state index contributed by atoms with van der Waals surface area (Å²) in [4.78, 5) is 15.1. The number of hydrogen-bond donors (Lipinski definition) is 1. The number of piperidine rings is 1. The van der Waals surface area contributed by atoms with E-state index < -0.39 is 0 Å². The molecule has 5 nitrogen and oxygen atoms in total. The molecule has 1 aromatic heterocycles. The lowest BCUT2D eigenvalue weighted by Gasteiger charge is -2.28. The zero-order chi connectivity index (χ0) is 14.7. The van der Waals surface area contributed by atoms with Gasteiger partial charge in [0.2, 0.25) is 0 Å². The molecule has 1 fully saturated rings. The van der Waals surface area contributed by atoms with Gasteiger partial charge in [0.15, 0.2) is 0 Å². The van der Waals surface area contributed by atoms with E-state index in [1.165, 1.54) is 24.9 Å². The van der Waals surface area contributed by atoms with Crippen molar-refractivity contribution in [3.63, 3.8) is 0 Å². The summed E-state index contributed by atoms with van der Waals surface area (Å²) >= 11 is 1.12. The van der Waals surface area contributed by atoms with E-state index in [9.17, 15) is 4.79 Å². The van der Waals surface area contributed by atoms with Crippen molar-refractivity contribution in [3.05, 3.63) is 34.8 Å². The zero-order valence-electron chi connectivity index (χ0n) is 12.0. The third kappa shape index (κ3) is 3.21. The summed E-state index contributed by atoms with van der Waals surface area (Å²) in [5.74, 6) is -0.145. The van der Waals surface area contributed by atoms with Gasteiger partial charge in [-0.05, 0) is 62.0 Å². The molecule has 0 aliphatic carbocycles. The molecule has 1 aromatic carbocycles. The van der Waals surface area contributed by atoms with Gasteiger partial charge in [0.25, 0.3) is 5.91 Å². The fourth-order valence-corrected chi connectivity index (χ4v) is 3.09. The van der Waals surface area contributed by atoms with Crippen LogP contribution in [-0.4, -0.2) is 28.6 Å². The average molecular weight is 302 g/mol. The number of aryl methyl sites for hydroxylation is 1. The zero-order valence-corrected chi connectivity index (χ0v) is 12.8. The standard InChI is InChI=1S/C15H18N4OS/c1-11-14(21-18-17-11)15(20)16-12-5-7-13(8-6-12)19-9-3-2-4-10-19/h5-8H,2-4,9-10H2,1H3,(H,16,20). The van der Waals surface area contributed by atoms with Gasteiger partial charge < -0.3 is 10.2 Å². The van der Waals surface area contributed by atoms with Crippen LogP contribution in [0.3, 0.4) is 0 Å². The molecular weight excluding hydrogens is 284 g/mol. The highest BCUT2D eigenvalue weighted by atomic mass is 32.1. The average Bonchev–Trinajstić information content (AvgIpc) is 2.95. The van der Waals surface area contributed by atoms with Crippen molar-refractivity contribution in [2.75, 3.05) is 23.3 Å². The number of carbonyl (C=O) groups is 1. The van der Waals surface area contributed by atoms with Crippen LogP contribution in [-0.2, 0) is 0 Å². The summed E-state index contributed by atoms with van der Waals surface area (Å²) < 4.78 is 3.78. The molecule has 110 valence electrons. The summed E-state index contributed by atoms with van der Waals surface area (Å²) in [7, 11) is 0. The number of rotatable bonds is 3. The molecule has 1 aliphatic rings. The molecule has 0 radical (unpaired) electrons. The fraction of sp³-hybridized carbons (Fsp3) is 0.400. The SMILES string of the molecule is Cc1nnsc1C(=O)Nc1ccc(N2CCCCC2)cc1. The molecular formula is C15H18N4OS. The highest BCUT2D eigenvalue weighted by Gasteiger charge is 2.14. The van der Waals surface area contributed by atoms with E-state index >= 15 is 0 Å². The van der Waals surface area contributed by atoms with Gasteiger partial charge in [-0.1, -0.05) is 4.49 Å². The molecule has 1 amide bonds. The molecule has 2 aromatic rings. The number of nitrogens with zero attached hydrogens (tertiary/aromatic N) is 3. The van der Waals surface area contributed by atoms with Crippen molar-refractivity contribution in [2.24, 2.45) is 0 Å². The van der Waals surface area contributed by atoms with Gasteiger partial charge >= 0.3 is 0 Å². The summed E-state index contributed by atoms with van der Waals surface area (Å²) in [5.41, 5.74) is 2.69. The van der Waals surface area contributed by atoms with Crippen LogP contribution < -0.4 is 10.2 Å². The second kappa shape index (κ2) is 6.22. The summed E-state index contributed by atoms with van der Waals surface area (Å²) in [6.07, 6.45) is 3.85. The van der Waals surface area contributed by atoms with E-state index in [0.29, 0.717) is 10.6 Å². The minimum Gasteiger partial charge on any atom is -0.372 e. The first-order chi connectivity index (χ1) is 10.2. The predicted molar refractivity (Wildman–Crippen MR) is 85.1 cm³/mol. The van der Waals surface area contributed by atoms with E-state index in [1.54, 1.807) is 6.92 Å². The Morgan fingerprint density at radius 2 is 1.90 bits per heavy atom. The second-order valence-corrected chi connectivity index (χ2v) is 5.99. The first-order valence-corrected chi connectivity index (χ1v) is 7.97. The minimum absolute atomic E-state index is 0.145. The van der Waals surface area contributed by atoms with Crippen LogP contribution in [0.5, 0.6) is 0 Å². The first-order valence-electron chi connectivity index (χ1n) is 7.19. The lowest BCUT2D eigenvalue weighted by Crippen LogP contribution is -2.29. The van der Waals surface area contributed by atoms with Crippen molar-refractivity contribution in [2.45, 2.75) is 26.2 Å². The number of hydrogen-bond acceptors (Lipinski definition) is 5. The van der Waals surface area contributed by atoms with Gasteiger partial charge in [0.05, 0.1) is 5.69 Å².